The highest BCUT2D eigenvalue weighted by Crippen LogP contribution is 2.21. The first-order valence-corrected chi connectivity index (χ1v) is 6.42. The molecule has 1 aromatic carbocycles. The molecule has 0 heterocycles. The maximum atomic E-state index is 10.9. The Morgan fingerprint density at radius 1 is 1.12 bits per heavy atom. The molecule has 1 rings (SSSR count). The number of rotatable bonds is 6. The minimum atomic E-state index is -0.889. The number of carbonyl (C=O) groups excluding carboxylic acids is 2. The van der Waals surface area contributed by atoms with Gasteiger partial charge in [0.2, 0.25) is 10.5 Å². The number of hydrogen-bond donors (Lipinski definition) is 0. The van der Waals surface area contributed by atoms with Gasteiger partial charge >= 0.3 is 0 Å². The van der Waals surface area contributed by atoms with Crippen LogP contribution in [0.15, 0.2) is 35.2 Å². The SMILES string of the molecule is O=C(Cl)C(CCSc1ccccc1)C(=O)Cl. The lowest BCUT2D eigenvalue weighted by Crippen LogP contribution is -2.16. The Hall–Kier alpha value is -0.510. The fourth-order valence-electron chi connectivity index (χ4n) is 1.13. The third kappa shape index (κ3) is 4.56. The largest absolute Gasteiger partial charge is 0.280 e. The van der Waals surface area contributed by atoms with Crippen molar-refractivity contribution in [2.24, 2.45) is 5.92 Å². The van der Waals surface area contributed by atoms with E-state index < -0.39 is 16.4 Å². The minimum absolute atomic E-state index is 0.365. The van der Waals surface area contributed by atoms with Crippen molar-refractivity contribution in [2.75, 3.05) is 5.75 Å². The number of thioether (sulfide) groups is 1. The van der Waals surface area contributed by atoms with Gasteiger partial charge in [0.15, 0.2) is 0 Å². The summed E-state index contributed by atoms with van der Waals surface area (Å²) in [6.07, 6.45) is 0.365. The van der Waals surface area contributed by atoms with E-state index in [2.05, 4.69) is 0 Å². The summed E-state index contributed by atoms with van der Waals surface area (Å²) in [5.74, 6) is -0.259. The van der Waals surface area contributed by atoms with Gasteiger partial charge in [0.1, 0.15) is 5.92 Å². The number of benzene rings is 1. The molecule has 0 spiro atoms. The fraction of sp³-hybridized carbons (Fsp3) is 0.273. The maximum Gasteiger partial charge on any atom is 0.233 e. The molecule has 0 saturated heterocycles. The quantitative estimate of drug-likeness (QED) is 0.454. The highest BCUT2D eigenvalue weighted by Gasteiger charge is 2.22. The van der Waals surface area contributed by atoms with Crippen molar-refractivity contribution < 1.29 is 9.59 Å². The second-order valence-electron chi connectivity index (χ2n) is 3.11. The Morgan fingerprint density at radius 2 is 1.69 bits per heavy atom. The van der Waals surface area contributed by atoms with Crippen molar-refractivity contribution in [3.05, 3.63) is 30.3 Å². The van der Waals surface area contributed by atoms with Crippen molar-refractivity contribution in [1.82, 2.24) is 0 Å². The van der Waals surface area contributed by atoms with E-state index in [1.807, 2.05) is 30.3 Å². The molecule has 0 aliphatic carbocycles. The van der Waals surface area contributed by atoms with Crippen LogP contribution in [0.25, 0.3) is 0 Å². The summed E-state index contributed by atoms with van der Waals surface area (Å²) in [5.41, 5.74) is 0. The van der Waals surface area contributed by atoms with Crippen LogP contribution in [-0.4, -0.2) is 16.2 Å². The Balaban J connectivity index is 2.40. The molecule has 0 N–H and O–H groups in total. The van der Waals surface area contributed by atoms with E-state index in [0.29, 0.717) is 12.2 Å². The van der Waals surface area contributed by atoms with Crippen molar-refractivity contribution in [1.29, 1.82) is 0 Å². The standard InChI is InChI=1S/C11H10Cl2O2S/c12-10(14)9(11(13)15)6-7-16-8-4-2-1-3-5-8/h1-5,9H,6-7H2. The van der Waals surface area contributed by atoms with Gasteiger partial charge in [-0.2, -0.15) is 0 Å². The second-order valence-corrected chi connectivity index (χ2v) is 5.02. The van der Waals surface area contributed by atoms with Crippen LogP contribution < -0.4 is 0 Å². The molecule has 0 fully saturated rings. The first-order chi connectivity index (χ1) is 7.61. The van der Waals surface area contributed by atoms with Gasteiger partial charge in [0.25, 0.3) is 0 Å². The van der Waals surface area contributed by atoms with Crippen LogP contribution in [0, 0.1) is 5.92 Å². The molecule has 0 aliphatic rings. The van der Waals surface area contributed by atoms with Crippen LogP contribution in [0.1, 0.15) is 6.42 Å². The molecule has 0 radical (unpaired) electrons. The van der Waals surface area contributed by atoms with Gasteiger partial charge in [0.05, 0.1) is 0 Å². The number of carbonyl (C=O) groups is 2. The summed E-state index contributed by atoms with van der Waals surface area (Å²) >= 11 is 12.1. The summed E-state index contributed by atoms with van der Waals surface area (Å²) in [7, 11) is 0. The van der Waals surface area contributed by atoms with E-state index in [0.717, 1.165) is 4.90 Å². The predicted molar refractivity (Wildman–Crippen MR) is 67.0 cm³/mol. The summed E-state index contributed by atoms with van der Waals surface area (Å²) in [4.78, 5) is 22.8. The van der Waals surface area contributed by atoms with Crippen LogP contribution in [0.3, 0.4) is 0 Å². The van der Waals surface area contributed by atoms with Gasteiger partial charge in [0, 0.05) is 4.90 Å². The molecule has 0 bridgehead atoms. The van der Waals surface area contributed by atoms with E-state index >= 15 is 0 Å². The monoisotopic (exact) mass is 276 g/mol. The van der Waals surface area contributed by atoms with E-state index in [9.17, 15) is 9.59 Å². The Morgan fingerprint density at radius 3 is 2.19 bits per heavy atom. The maximum absolute atomic E-state index is 10.9. The average molecular weight is 277 g/mol. The smallest absolute Gasteiger partial charge is 0.233 e. The zero-order chi connectivity index (χ0) is 12.0. The average Bonchev–Trinajstić information content (AvgIpc) is 2.24. The molecule has 1 aromatic rings. The first kappa shape index (κ1) is 13.6. The van der Waals surface area contributed by atoms with Crippen LogP contribution in [-0.2, 0) is 9.59 Å². The third-order valence-electron chi connectivity index (χ3n) is 1.97. The van der Waals surface area contributed by atoms with E-state index in [4.69, 9.17) is 23.2 Å². The normalized spacial score (nSPS) is 10.4. The summed E-state index contributed by atoms with van der Waals surface area (Å²) in [6.45, 7) is 0. The van der Waals surface area contributed by atoms with E-state index in [-0.39, 0.29) is 0 Å². The number of halogens is 2. The third-order valence-corrected chi connectivity index (χ3v) is 3.54. The zero-order valence-electron chi connectivity index (χ0n) is 8.36. The van der Waals surface area contributed by atoms with Crippen LogP contribution in [0.2, 0.25) is 0 Å². The van der Waals surface area contributed by atoms with Crippen molar-refractivity contribution >= 4 is 45.4 Å². The van der Waals surface area contributed by atoms with Gasteiger partial charge in [-0.05, 0) is 47.5 Å². The van der Waals surface area contributed by atoms with E-state index in [1.165, 1.54) is 0 Å². The van der Waals surface area contributed by atoms with Gasteiger partial charge < -0.3 is 0 Å². The predicted octanol–water partition coefficient (Wildman–Crippen LogP) is 3.32. The molecule has 16 heavy (non-hydrogen) atoms. The Bertz CT molecular complexity index is 354. The highest BCUT2D eigenvalue weighted by atomic mass is 35.5. The van der Waals surface area contributed by atoms with Gasteiger partial charge in [-0.25, -0.2) is 0 Å². The van der Waals surface area contributed by atoms with Crippen molar-refractivity contribution in [3.8, 4) is 0 Å². The van der Waals surface area contributed by atoms with Gasteiger partial charge in [-0.15, -0.1) is 11.8 Å². The molecular weight excluding hydrogens is 267 g/mol. The molecule has 0 unspecified atom stereocenters. The lowest BCUT2D eigenvalue weighted by Gasteiger charge is -2.06. The van der Waals surface area contributed by atoms with Crippen LogP contribution in [0.4, 0.5) is 0 Å². The molecule has 0 aromatic heterocycles. The zero-order valence-corrected chi connectivity index (χ0v) is 10.7. The van der Waals surface area contributed by atoms with Gasteiger partial charge in [-0.1, -0.05) is 18.2 Å². The molecule has 5 heteroatoms. The lowest BCUT2D eigenvalue weighted by atomic mass is 10.1. The summed E-state index contributed by atoms with van der Waals surface area (Å²) in [5, 5.41) is -1.37. The molecule has 86 valence electrons. The van der Waals surface area contributed by atoms with Crippen molar-refractivity contribution in [2.45, 2.75) is 11.3 Å². The minimum Gasteiger partial charge on any atom is -0.280 e. The van der Waals surface area contributed by atoms with Gasteiger partial charge in [-0.3, -0.25) is 9.59 Å². The molecule has 0 amide bonds. The molecule has 0 atom stereocenters. The Kier molecular flexibility index (Phi) is 5.88. The summed E-state index contributed by atoms with van der Waals surface area (Å²) in [6, 6.07) is 9.71. The molecule has 0 aliphatic heterocycles. The second kappa shape index (κ2) is 6.94. The van der Waals surface area contributed by atoms with Crippen LogP contribution >= 0.6 is 35.0 Å². The topological polar surface area (TPSA) is 34.1 Å². The van der Waals surface area contributed by atoms with E-state index in [1.54, 1.807) is 11.8 Å². The fourth-order valence-corrected chi connectivity index (χ4v) is 2.54. The Labute approximate surface area is 108 Å². The lowest BCUT2D eigenvalue weighted by molar-refractivity contribution is -0.123. The highest BCUT2D eigenvalue weighted by molar-refractivity contribution is 7.99. The molecule has 2 nitrogen and oxygen atoms in total. The molecular formula is C11H10Cl2O2S. The first-order valence-electron chi connectivity index (χ1n) is 4.68. The molecule has 0 saturated carbocycles. The van der Waals surface area contributed by atoms with Crippen LogP contribution in [0.5, 0.6) is 0 Å². The number of hydrogen-bond acceptors (Lipinski definition) is 3. The van der Waals surface area contributed by atoms with Crippen molar-refractivity contribution in [3.63, 3.8) is 0 Å². The summed E-state index contributed by atoms with van der Waals surface area (Å²) < 4.78 is 0.